The highest BCUT2D eigenvalue weighted by molar-refractivity contribution is 6.30. The third kappa shape index (κ3) is 2.13. The number of hydrogen-bond acceptors (Lipinski definition) is 4. The molecule has 1 aliphatic carbocycles. The Morgan fingerprint density at radius 3 is 2.18 bits per heavy atom. The van der Waals surface area contributed by atoms with Crippen LogP contribution in [0.4, 0.5) is 0 Å². The number of halogens is 1. The van der Waals surface area contributed by atoms with Gasteiger partial charge in [0.1, 0.15) is 17.3 Å². The zero-order chi connectivity index (χ0) is 16.0. The summed E-state index contributed by atoms with van der Waals surface area (Å²) in [5, 5.41) is 2.50. The van der Waals surface area contributed by atoms with Crippen molar-refractivity contribution < 1.29 is 14.4 Å². The van der Waals surface area contributed by atoms with Crippen LogP contribution < -0.4 is 5.32 Å². The third-order valence-corrected chi connectivity index (χ3v) is 4.47. The number of nitrogens with zero attached hydrogens (tertiary/aromatic N) is 1. The van der Waals surface area contributed by atoms with Gasteiger partial charge in [-0.2, -0.15) is 0 Å². The Morgan fingerprint density at radius 1 is 1.14 bits per heavy atom. The van der Waals surface area contributed by atoms with E-state index in [0.717, 1.165) is 0 Å². The Hall–Kier alpha value is -2.14. The van der Waals surface area contributed by atoms with Crippen LogP contribution in [0, 0.1) is 0 Å². The Morgan fingerprint density at radius 2 is 1.68 bits per heavy atom. The lowest BCUT2D eigenvalue weighted by Gasteiger charge is -2.22. The van der Waals surface area contributed by atoms with Gasteiger partial charge in [-0.1, -0.05) is 24.3 Å². The van der Waals surface area contributed by atoms with E-state index < -0.39 is 5.91 Å². The first-order chi connectivity index (χ1) is 10.5. The summed E-state index contributed by atoms with van der Waals surface area (Å²) >= 11 is 5.51. The molecule has 1 saturated heterocycles. The van der Waals surface area contributed by atoms with Gasteiger partial charge in [0.05, 0.1) is 0 Å². The fourth-order valence-electron chi connectivity index (χ4n) is 2.81. The molecule has 1 amide bonds. The van der Waals surface area contributed by atoms with Gasteiger partial charge in [0.25, 0.3) is 0 Å². The van der Waals surface area contributed by atoms with Gasteiger partial charge < -0.3 is 10.2 Å². The molecule has 3 rings (SSSR count). The van der Waals surface area contributed by atoms with E-state index in [-0.39, 0.29) is 40.9 Å². The highest BCUT2D eigenvalue weighted by Crippen LogP contribution is 2.38. The third-order valence-electron chi connectivity index (χ3n) is 4.23. The number of allylic oxidation sites excluding steroid dienone is 2. The number of alkyl halides is 1. The molecular weight excluding hydrogens is 304 g/mol. The summed E-state index contributed by atoms with van der Waals surface area (Å²) < 4.78 is 0. The zero-order valence-electron chi connectivity index (χ0n) is 12.2. The molecule has 1 aromatic carbocycles. The van der Waals surface area contributed by atoms with Crippen molar-refractivity contribution in [3.05, 3.63) is 46.8 Å². The first-order valence-corrected chi connectivity index (χ1v) is 7.57. The molecule has 6 heteroatoms. The van der Waals surface area contributed by atoms with Crippen molar-refractivity contribution >= 4 is 29.1 Å². The Balaban J connectivity index is 2.13. The second-order valence-electron chi connectivity index (χ2n) is 5.50. The number of benzene rings is 1. The minimum Gasteiger partial charge on any atom is -0.357 e. The van der Waals surface area contributed by atoms with Crippen LogP contribution >= 0.6 is 11.6 Å². The van der Waals surface area contributed by atoms with Crippen LogP contribution in [0.25, 0.3) is 0 Å². The molecule has 5 nitrogen and oxygen atoms in total. The van der Waals surface area contributed by atoms with Crippen LogP contribution in [0.3, 0.4) is 0 Å². The molecule has 0 saturated carbocycles. The smallest absolute Gasteiger partial charge is 0.239 e. The standard InChI is InChI=1S/C16H15ClN2O3/c1-8-9(2)19(8)14-13(18-12(20)7-17)15(21)10-5-3-4-6-11(10)16(14)22/h3-6,8-9H,7H2,1-2H3,(H,18,20)/t8-,9+,19?. The highest BCUT2D eigenvalue weighted by Gasteiger charge is 2.48. The van der Waals surface area contributed by atoms with Gasteiger partial charge in [0, 0.05) is 23.2 Å². The van der Waals surface area contributed by atoms with Crippen molar-refractivity contribution in [1.29, 1.82) is 0 Å². The van der Waals surface area contributed by atoms with Crippen LogP contribution in [0.1, 0.15) is 34.6 Å². The van der Waals surface area contributed by atoms with Gasteiger partial charge in [-0.05, 0) is 13.8 Å². The van der Waals surface area contributed by atoms with E-state index in [1.54, 1.807) is 24.3 Å². The van der Waals surface area contributed by atoms with Crippen LogP contribution in [0.2, 0.25) is 0 Å². The number of fused-ring (bicyclic) bond motifs is 1. The van der Waals surface area contributed by atoms with Crippen LogP contribution in [-0.2, 0) is 4.79 Å². The average molecular weight is 319 g/mol. The largest absolute Gasteiger partial charge is 0.357 e. The second kappa shape index (κ2) is 5.25. The molecule has 114 valence electrons. The predicted octanol–water partition coefficient (Wildman–Crippen LogP) is 1.72. The Bertz CT molecular complexity index is 718. The van der Waals surface area contributed by atoms with Gasteiger partial charge in [0.2, 0.25) is 17.5 Å². The van der Waals surface area contributed by atoms with E-state index >= 15 is 0 Å². The molecule has 0 radical (unpaired) electrons. The van der Waals surface area contributed by atoms with Crippen LogP contribution in [0.5, 0.6) is 0 Å². The van der Waals surface area contributed by atoms with E-state index in [4.69, 9.17) is 11.6 Å². The van der Waals surface area contributed by atoms with Crippen LogP contribution in [-0.4, -0.2) is 40.3 Å². The minimum atomic E-state index is -0.503. The monoisotopic (exact) mass is 318 g/mol. The second-order valence-corrected chi connectivity index (χ2v) is 5.76. The molecule has 0 unspecified atom stereocenters. The number of amides is 1. The quantitative estimate of drug-likeness (QED) is 0.681. The van der Waals surface area contributed by atoms with E-state index in [9.17, 15) is 14.4 Å². The maximum absolute atomic E-state index is 12.8. The van der Waals surface area contributed by atoms with Crippen molar-refractivity contribution in [2.24, 2.45) is 0 Å². The molecule has 2 atom stereocenters. The number of carbonyl (C=O) groups excluding carboxylic acids is 3. The number of hydrogen-bond donors (Lipinski definition) is 1. The summed E-state index contributed by atoms with van der Waals surface area (Å²) in [6.45, 7) is 3.94. The summed E-state index contributed by atoms with van der Waals surface area (Å²) in [6.07, 6.45) is 0. The summed E-state index contributed by atoms with van der Waals surface area (Å²) in [4.78, 5) is 38.9. The van der Waals surface area contributed by atoms with Gasteiger partial charge in [-0.25, -0.2) is 0 Å². The van der Waals surface area contributed by atoms with Crippen molar-refractivity contribution in [3.63, 3.8) is 0 Å². The summed E-state index contributed by atoms with van der Waals surface area (Å²) in [5.41, 5.74) is 0.980. The van der Waals surface area contributed by atoms with Crippen LogP contribution in [0.15, 0.2) is 35.7 Å². The number of carbonyl (C=O) groups is 3. The molecule has 0 aromatic heterocycles. The SMILES string of the molecule is C[C@@H]1[C@H](C)N1C1=C(NC(=O)CCl)C(=O)c2ccccc2C1=O. The van der Waals surface area contributed by atoms with Crippen molar-refractivity contribution in [1.82, 2.24) is 10.2 Å². The average Bonchev–Trinajstić information content (AvgIpc) is 3.11. The van der Waals surface area contributed by atoms with E-state index in [2.05, 4.69) is 5.32 Å². The first-order valence-electron chi connectivity index (χ1n) is 7.04. The minimum absolute atomic E-state index is 0.0329. The molecular formula is C16H15ClN2O3. The number of rotatable bonds is 3. The number of ketones is 2. The van der Waals surface area contributed by atoms with Crippen molar-refractivity contribution in [2.45, 2.75) is 25.9 Å². The molecule has 1 aliphatic heterocycles. The first kappa shape index (κ1) is 14.8. The lowest BCUT2D eigenvalue weighted by atomic mass is 9.90. The fraction of sp³-hybridized carbons (Fsp3) is 0.312. The predicted molar refractivity (Wildman–Crippen MR) is 81.8 cm³/mol. The van der Waals surface area contributed by atoms with Gasteiger partial charge in [-0.15, -0.1) is 11.6 Å². The van der Waals surface area contributed by atoms with Gasteiger partial charge in [0.15, 0.2) is 0 Å². The van der Waals surface area contributed by atoms with E-state index in [1.165, 1.54) is 0 Å². The molecule has 2 aliphatic rings. The normalized spacial score (nSPS) is 23.5. The molecule has 0 bridgehead atoms. The number of nitrogens with one attached hydrogen (secondary N) is 1. The summed E-state index contributed by atoms with van der Waals surface area (Å²) in [5.74, 6) is -1.37. The highest BCUT2D eigenvalue weighted by atomic mass is 35.5. The van der Waals surface area contributed by atoms with Gasteiger partial charge >= 0.3 is 0 Å². The topological polar surface area (TPSA) is 66.2 Å². The van der Waals surface area contributed by atoms with Gasteiger partial charge in [-0.3, -0.25) is 14.4 Å². The molecule has 0 spiro atoms. The summed E-state index contributed by atoms with van der Waals surface area (Å²) in [7, 11) is 0. The fourth-order valence-corrected chi connectivity index (χ4v) is 2.88. The Kier molecular flexibility index (Phi) is 3.53. The molecule has 1 aromatic rings. The zero-order valence-corrected chi connectivity index (χ0v) is 13.0. The lowest BCUT2D eigenvalue weighted by Crippen LogP contribution is -2.37. The van der Waals surface area contributed by atoms with E-state index in [1.807, 2.05) is 18.7 Å². The molecule has 1 N–H and O–H groups in total. The van der Waals surface area contributed by atoms with Crippen molar-refractivity contribution in [3.8, 4) is 0 Å². The maximum atomic E-state index is 12.8. The van der Waals surface area contributed by atoms with E-state index in [0.29, 0.717) is 11.1 Å². The maximum Gasteiger partial charge on any atom is 0.239 e. The Labute approximate surface area is 132 Å². The van der Waals surface area contributed by atoms with Crippen molar-refractivity contribution in [2.75, 3.05) is 5.88 Å². The number of Topliss-reactive ketones (excluding diaryl/α,β-unsaturated/α-hetero) is 2. The molecule has 22 heavy (non-hydrogen) atoms. The molecule has 1 fully saturated rings. The lowest BCUT2D eigenvalue weighted by molar-refractivity contribution is -0.118. The molecule has 1 heterocycles. The summed E-state index contributed by atoms with van der Waals surface area (Å²) in [6, 6.07) is 6.94.